The number of nitrogens with zero attached hydrogens (tertiary/aromatic N) is 1. The van der Waals surface area contributed by atoms with Crippen LogP contribution < -0.4 is 16.0 Å². The number of methoxy groups -OCH3 is 2. The van der Waals surface area contributed by atoms with Crippen molar-refractivity contribution in [3.63, 3.8) is 0 Å². The SMILES string of the molecule is COC(=O)N[C@H](C(=O)N1CCC[C@H]1C1Nc2ccc(Br)cc2N1)[C@@H](C)OC. The fraction of sp³-hybridized carbons (Fsp3) is 0.556. The van der Waals surface area contributed by atoms with Crippen LogP contribution in [0.3, 0.4) is 0 Å². The summed E-state index contributed by atoms with van der Waals surface area (Å²) in [6, 6.07) is 5.15. The summed E-state index contributed by atoms with van der Waals surface area (Å²) >= 11 is 3.48. The molecule has 1 unspecified atom stereocenters. The molecule has 3 N–H and O–H groups in total. The van der Waals surface area contributed by atoms with Gasteiger partial charge >= 0.3 is 6.09 Å². The van der Waals surface area contributed by atoms with Gasteiger partial charge < -0.3 is 30.3 Å². The van der Waals surface area contributed by atoms with E-state index in [4.69, 9.17) is 4.74 Å². The summed E-state index contributed by atoms with van der Waals surface area (Å²) in [5.74, 6) is -0.169. The van der Waals surface area contributed by atoms with Crippen LogP contribution >= 0.6 is 15.9 Å². The molecule has 27 heavy (non-hydrogen) atoms. The third-order valence-corrected chi connectivity index (χ3v) is 5.63. The number of amides is 2. The van der Waals surface area contributed by atoms with Gasteiger partial charge in [-0.25, -0.2) is 4.79 Å². The minimum atomic E-state index is -0.805. The predicted octanol–water partition coefficient (Wildman–Crippen LogP) is 2.36. The highest BCUT2D eigenvalue weighted by Crippen LogP contribution is 2.35. The highest BCUT2D eigenvalue weighted by molar-refractivity contribution is 9.10. The maximum atomic E-state index is 13.2. The van der Waals surface area contributed by atoms with Gasteiger partial charge in [0.05, 0.1) is 30.6 Å². The van der Waals surface area contributed by atoms with Crippen LogP contribution in [0.15, 0.2) is 22.7 Å². The molecule has 0 radical (unpaired) electrons. The zero-order valence-electron chi connectivity index (χ0n) is 15.6. The Labute approximate surface area is 167 Å². The number of anilines is 2. The molecule has 0 spiro atoms. The molecule has 0 aliphatic carbocycles. The monoisotopic (exact) mass is 440 g/mol. The van der Waals surface area contributed by atoms with Gasteiger partial charge in [0.2, 0.25) is 5.91 Å². The second-order valence-corrected chi connectivity index (χ2v) is 7.67. The first kappa shape index (κ1) is 19.8. The first-order valence-electron chi connectivity index (χ1n) is 8.95. The summed E-state index contributed by atoms with van der Waals surface area (Å²) in [6.07, 6.45) is 0.566. The molecule has 1 aromatic rings. The lowest BCUT2D eigenvalue weighted by molar-refractivity contribution is -0.137. The maximum absolute atomic E-state index is 13.2. The molecular formula is C18H25BrN4O4. The van der Waals surface area contributed by atoms with Crippen molar-refractivity contribution in [1.82, 2.24) is 10.2 Å². The van der Waals surface area contributed by atoms with Gasteiger partial charge in [-0.15, -0.1) is 0 Å². The standard InChI is InChI=1S/C18H25BrN4O4/c1-10(26-2)15(22-18(25)27-3)17(24)23-8-4-5-14(23)16-20-12-7-6-11(19)9-13(12)21-16/h6-7,9-10,14-16,20-21H,4-5,8H2,1-3H3,(H,22,25)/t10-,14+,15+,16?/m1/s1. The van der Waals surface area contributed by atoms with E-state index in [1.54, 1.807) is 6.92 Å². The zero-order chi connectivity index (χ0) is 19.6. The number of halogens is 1. The maximum Gasteiger partial charge on any atom is 0.407 e. The van der Waals surface area contributed by atoms with E-state index in [-0.39, 0.29) is 18.1 Å². The Morgan fingerprint density at radius 2 is 2.04 bits per heavy atom. The summed E-state index contributed by atoms with van der Waals surface area (Å²) in [5, 5.41) is 9.52. The number of carbonyl (C=O) groups excluding carboxylic acids is 2. The Hall–Kier alpha value is -2.00. The first-order valence-corrected chi connectivity index (χ1v) is 9.74. The van der Waals surface area contributed by atoms with E-state index in [9.17, 15) is 9.59 Å². The van der Waals surface area contributed by atoms with Crippen LogP contribution in [0.2, 0.25) is 0 Å². The molecule has 1 fully saturated rings. The van der Waals surface area contributed by atoms with Gasteiger partial charge in [-0.3, -0.25) is 4.79 Å². The molecule has 9 heteroatoms. The van der Waals surface area contributed by atoms with Crippen LogP contribution in [-0.4, -0.2) is 62.0 Å². The van der Waals surface area contributed by atoms with E-state index < -0.39 is 18.2 Å². The number of rotatable bonds is 5. The fourth-order valence-corrected chi connectivity index (χ4v) is 3.98. The van der Waals surface area contributed by atoms with Crippen LogP contribution in [-0.2, 0) is 14.3 Å². The van der Waals surface area contributed by atoms with Gasteiger partial charge in [-0.05, 0) is 38.0 Å². The van der Waals surface area contributed by atoms with E-state index in [2.05, 4.69) is 36.6 Å². The van der Waals surface area contributed by atoms with Gasteiger partial charge in [-0.2, -0.15) is 0 Å². The average molecular weight is 441 g/mol. The number of nitrogens with one attached hydrogen (secondary N) is 3. The molecule has 1 saturated heterocycles. The number of benzene rings is 1. The molecule has 0 saturated carbocycles. The second kappa shape index (κ2) is 8.35. The molecule has 1 aromatic carbocycles. The predicted molar refractivity (Wildman–Crippen MR) is 106 cm³/mol. The van der Waals surface area contributed by atoms with Crippen LogP contribution in [0.5, 0.6) is 0 Å². The van der Waals surface area contributed by atoms with Crippen LogP contribution in [0, 0.1) is 0 Å². The van der Waals surface area contributed by atoms with Crippen molar-refractivity contribution in [3.8, 4) is 0 Å². The van der Waals surface area contributed by atoms with Crippen molar-refractivity contribution in [1.29, 1.82) is 0 Å². The summed E-state index contributed by atoms with van der Waals surface area (Å²) in [5.41, 5.74) is 2.01. The molecule has 4 atom stereocenters. The topological polar surface area (TPSA) is 91.9 Å². The molecule has 2 heterocycles. The Morgan fingerprint density at radius 3 is 2.74 bits per heavy atom. The van der Waals surface area contributed by atoms with E-state index >= 15 is 0 Å². The smallest absolute Gasteiger partial charge is 0.407 e. The summed E-state index contributed by atoms with van der Waals surface area (Å²) in [6.45, 7) is 2.39. The van der Waals surface area contributed by atoms with Crippen molar-refractivity contribution in [2.75, 3.05) is 31.4 Å². The van der Waals surface area contributed by atoms with Crippen molar-refractivity contribution in [2.24, 2.45) is 0 Å². The Bertz CT molecular complexity index is 717. The van der Waals surface area contributed by atoms with Gasteiger partial charge in [-0.1, -0.05) is 15.9 Å². The van der Waals surface area contributed by atoms with Gasteiger partial charge in [0.25, 0.3) is 0 Å². The molecular weight excluding hydrogens is 416 g/mol. The molecule has 0 aromatic heterocycles. The number of fused-ring (bicyclic) bond motifs is 1. The van der Waals surface area contributed by atoms with Crippen molar-refractivity contribution < 1.29 is 19.1 Å². The number of carbonyl (C=O) groups is 2. The van der Waals surface area contributed by atoms with E-state index in [0.29, 0.717) is 6.54 Å². The molecule has 0 bridgehead atoms. The highest BCUT2D eigenvalue weighted by atomic mass is 79.9. The molecule has 2 aliphatic heterocycles. The lowest BCUT2D eigenvalue weighted by Gasteiger charge is -2.34. The Balaban J connectivity index is 1.75. The highest BCUT2D eigenvalue weighted by Gasteiger charge is 2.41. The summed E-state index contributed by atoms with van der Waals surface area (Å²) in [7, 11) is 2.79. The summed E-state index contributed by atoms with van der Waals surface area (Å²) in [4.78, 5) is 26.7. The largest absolute Gasteiger partial charge is 0.453 e. The molecule has 2 amide bonds. The van der Waals surface area contributed by atoms with Crippen LogP contribution in [0.1, 0.15) is 19.8 Å². The normalized spacial score (nSPS) is 23.0. The van der Waals surface area contributed by atoms with E-state index in [1.165, 1.54) is 14.2 Å². The second-order valence-electron chi connectivity index (χ2n) is 6.75. The lowest BCUT2D eigenvalue weighted by atomic mass is 10.1. The minimum Gasteiger partial charge on any atom is -0.453 e. The van der Waals surface area contributed by atoms with E-state index in [1.807, 2.05) is 23.1 Å². The Morgan fingerprint density at radius 1 is 1.30 bits per heavy atom. The summed E-state index contributed by atoms with van der Waals surface area (Å²) < 4.78 is 11.0. The first-order chi connectivity index (χ1) is 12.9. The number of hydrogen-bond acceptors (Lipinski definition) is 6. The third kappa shape index (κ3) is 4.14. The number of ether oxygens (including phenoxy) is 2. The third-order valence-electron chi connectivity index (χ3n) is 5.14. The number of hydrogen-bond donors (Lipinski definition) is 3. The van der Waals surface area contributed by atoms with Gasteiger partial charge in [0, 0.05) is 18.1 Å². The molecule has 8 nitrogen and oxygen atoms in total. The zero-order valence-corrected chi connectivity index (χ0v) is 17.2. The molecule has 2 aliphatic rings. The van der Waals surface area contributed by atoms with Crippen molar-refractivity contribution in [2.45, 2.75) is 44.1 Å². The lowest BCUT2D eigenvalue weighted by Crippen LogP contribution is -2.57. The van der Waals surface area contributed by atoms with E-state index in [0.717, 1.165) is 28.7 Å². The number of alkyl carbamates (subject to hydrolysis) is 1. The van der Waals surface area contributed by atoms with Crippen molar-refractivity contribution in [3.05, 3.63) is 22.7 Å². The average Bonchev–Trinajstić information content (AvgIpc) is 3.30. The van der Waals surface area contributed by atoms with Gasteiger partial charge in [0.15, 0.2) is 0 Å². The molecule has 3 rings (SSSR count). The molecule has 148 valence electrons. The van der Waals surface area contributed by atoms with Crippen molar-refractivity contribution >= 4 is 39.3 Å². The number of likely N-dealkylation sites (tertiary alicyclic amines) is 1. The Kier molecular flexibility index (Phi) is 6.11. The van der Waals surface area contributed by atoms with Gasteiger partial charge in [0.1, 0.15) is 12.2 Å². The minimum absolute atomic E-state index is 0.0327. The van der Waals surface area contributed by atoms with Crippen LogP contribution in [0.25, 0.3) is 0 Å². The fourth-order valence-electron chi connectivity index (χ4n) is 3.62. The quantitative estimate of drug-likeness (QED) is 0.650. The van der Waals surface area contributed by atoms with Crippen LogP contribution in [0.4, 0.5) is 16.2 Å².